The fourth-order valence-corrected chi connectivity index (χ4v) is 6.19. The predicted molar refractivity (Wildman–Crippen MR) is 78.0 cm³/mol. The molecular formula is C14H18Br2O2. The Bertz CT molecular complexity index is 409. The van der Waals surface area contributed by atoms with Crippen LogP contribution in [0.3, 0.4) is 0 Å². The van der Waals surface area contributed by atoms with Crippen LogP contribution in [0.5, 0.6) is 0 Å². The summed E-state index contributed by atoms with van der Waals surface area (Å²) in [4.78, 5) is 12.8. The van der Waals surface area contributed by atoms with Crippen molar-refractivity contribution >= 4 is 37.8 Å². The molecule has 0 aromatic heterocycles. The predicted octanol–water partition coefficient (Wildman–Crippen LogP) is 3.82. The van der Waals surface area contributed by atoms with E-state index in [1.54, 1.807) is 6.92 Å². The SMILES string of the molecule is C=C(C)C(=O)OC12CCC(C1)C1CC(Br)C(Br)C12. The van der Waals surface area contributed by atoms with Crippen LogP contribution in [0.2, 0.25) is 0 Å². The highest BCUT2D eigenvalue weighted by Gasteiger charge is 2.65. The second-order valence-electron chi connectivity index (χ2n) is 6.12. The number of carbonyl (C=O) groups excluding carboxylic acids is 1. The Morgan fingerprint density at radius 3 is 2.83 bits per heavy atom. The highest BCUT2D eigenvalue weighted by atomic mass is 79.9. The summed E-state index contributed by atoms with van der Waals surface area (Å²) in [7, 11) is 0. The van der Waals surface area contributed by atoms with Gasteiger partial charge in [0.15, 0.2) is 0 Å². The first-order chi connectivity index (χ1) is 8.44. The average molecular weight is 378 g/mol. The number of halogens is 2. The molecule has 2 bridgehead atoms. The zero-order valence-corrected chi connectivity index (χ0v) is 13.7. The van der Waals surface area contributed by atoms with E-state index in [2.05, 4.69) is 38.4 Å². The van der Waals surface area contributed by atoms with Gasteiger partial charge in [-0.1, -0.05) is 38.4 Å². The Morgan fingerprint density at radius 1 is 1.44 bits per heavy atom. The smallest absolute Gasteiger partial charge is 0.333 e. The van der Waals surface area contributed by atoms with Crippen LogP contribution in [0, 0.1) is 17.8 Å². The number of alkyl halides is 2. The van der Waals surface area contributed by atoms with Crippen molar-refractivity contribution in [2.24, 2.45) is 17.8 Å². The van der Waals surface area contributed by atoms with E-state index in [1.165, 1.54) is 12.8 Å². The fourth-order valence-electron chi connectivity index (χ4n) is 4.34. The third-order valence-electron chi connectivity index (χ3n) is 5.05. The Balaban J connectivity index is 1.87. The number of carbonyl (C=O) groups is 1. The van der Waals surface area contributed by atoms with Crippen LogP contribution in [0.15, 0.2) is 12.2 Å². The first-order valence-electron chi connectivity index (χ1n) is 6.61. The van der Waals surface area contributed by atoms with Gasteiger partial charge >= 0.3 is 5.97 Å². The summed E-state index contributed by atoms with van der Waals surface area (Å²) in [5.41, 5.74) is 0.290. The molecular weight excluding hydrogens is 360 g/mol. The summed E-state index contributed by atoms with van der Waals surface area (Å²) in [5, 5.41) is 0. The van der Waals surface area contributed by atoms with Crippen LogP contribution in [0.1, 0.15) is 32.6 Å². The van der Waals surface area contributed by atoms with E-state index in [-0.39, 0.29) is 11.6 Å². The number of ether oxygens (including phenoxy) is 1. The molecule has 3 aliphatic rings. The van der Waals surface area contributed by atoms with Gasteiger partial charge < -0.3 is 4.74 Å². The van der Waals surface area contributed by atoms with Gasteiger partial charge in [0, 0.05) is 21.1 Å². The quantitative estimate of drug-likeness (QED) is 0.415. The summed E-state index contributed by atoms with van der Waals surface area (Å²) in [6, 6.07) is 0. The molecule has 0 spiro atoms. The molecule has 0 heterocycles. The van der Waals surface area contributed by atoms with Crippen LogP contribution >= 0.6 is 31.9 Å². The second kappa shape index (κ2) is 4.34. The van der Waals surface area contributed by atoms with Crippen LogP contribution in [0.4, 0.5) is 0 Å². The van der Waals surface area contributed by atoms with Crippen LogP contribution < -0.4 is 0 Å². The van der Waals surface area contributed by atoms with E-state index >= 15 is 0 Å². The van der Waals surface area contributed by atoms with Gasteiger partial charge in [-0.15, -0.1) is 0 Å². The molecule has 2 nitrogen and oxygen atoms in total. The van der Waals surface area contributed by atoms with Gasteiger partial charge in [-0.3, -0.25) is 0 Å². The van der Waals surface area contributed by atoms with E-state index in [1.807, 2.05) is 0 Å². The van der Waals surface area contributed by atoms with Gasteiger partial charge in [0.25, 0.3) is 0 Å². The summed E-state index contributed by atoms with van der Waals surface area (Å²) in [6.07, 6.45) is 4.50. The van der Waals surface area contributed by atoms with Crippen LogP contribution in [-0.2, 0) is 9.53 Å². The molecule has 0 aromatic carbocycles. The lowest BCUT2D eigenvalue weighted by Gasteiger charge is -2.37. The van der Waals surface area contributed by atoms with E-state index in [0.717, 1.165) is 18.8 Å². The molecule has 0 amide bonds. The molecule has 0 aromatic rings. The lowest BCUT2D eigenvalue weighted by atomic mass is 9.79. The standard InChI is InChI=1S/C14H18Br2O2/c1-7(2)13(17)18-14-4-3-8(6-14)9-5-10(15)12(16)11(9)14/h8-12H,1,3-6H2,2H3. The number of hydrogen-bond donors (Lipinski definition) is 0. The van der Waals surface area contributed by atoms with Gasteiger partial charge in [-0.05, 0) is 44.4 Å². The van der Waals surface area contributed by atoms with E-state index < -0.39 is 0 Å². The zero-order chi connectivity index (χ0) is 13.1. The Morgan fingerprint density at radius 2 is 2.17 bits per heavy atom. The Labute approximate surface area is 125 Å². The van der Waals surface area contributed by atoms with Crippen molar-refractivity contribution in [1.82, 2.24) is 0 Å². The summed E-state index contributed by atoms with van der Waals surface area (Å²) in [6.45, 7) is 5.43. The van der Waals surface area contributed by atoms with E-state index in [4.69, 9.17) is 4.74 Å². The third-order valence-corrected chi connectivity index (χ3v) is 7.91. The maximum absolute atomic E-state index is 11.9. The summed E-state index contributed by atoms with van der Waals surface area (Å²) >= 11 is 7.57. The first kappa shape index (κ1) is 13.2. The Hall–Kier alpha value is 0.170. The monoisotopic (exact) mass is 376 g/mol. The van der Waals surface area contributed by atoms with Gasteiger partial charge in [0.2, 0.25) is 0 Å². The largest absolute Gasteiger partial charge is 0.455 e. The lowest BCUT2D eigenvalue weighted by molar-refractivity contribution is -0.159. The molecule has 18 heavy (non-hydrogen) atoms. The molecule has 0 saturated heterocycles. The third kappa shape index (κ3) is 1.75. The molecule has 3 aliphatic carbocycles. The summed E-state index contributed by atoms with van der Waals surface area (Å²) < 4.78 is 5.89. The van der Waals surface area contributed by atoms with Gasteiger partial charge in [0.05, 0.1) is 0 Å². The normalized spacial score (nSPS) is 49.2. The van der Waals surface area contributed by atoms with Gasteiger partial charge in [-0.25, -0.2) is 4.79 Å². The minimum absolute atomic E-state index is 0.214. The number of rotatable bonds is 2. The molecule has 0 aliphatic heterocycles. The van der Waals surface area contributed by atoms with Crippen molar-refractivity contribution in [1.29, 1.82) is 0 Å². The fraction of sp³-hybridized carbons (Fsp3) is 0.786. The molecule has 100 valence electrons. The molecule has 0 radical (unpaired) electrons. The highest BCUT2D eigenvalue weighted by Crippen LogP contribution is 2.64. The minimum Gasteiger partial charge on any atom is -0.455 e. The maximum atomic E-state index is 11.9. The number of esters is 1. The van der Waals surface area contributed by atoms with Crippen molar-refractivity contribution in [2.45, 2.75) is 47.9 Å². The van der Waals surface area contributed by atoms with Crippen molar-refractivity contribution < 1.29 is 9.53 Å². The lowest BCUT2D eigenvalue weighted by Crippen LogP contribution is -2.43. The molecule has 3 saturated carbocycles. The van der Waals surface area contributed by atoms with Crippen LogP contribution in [0.25, 0.3) is 0 Å². The minimum atomic E-state index is -0.220. The van der Waals surface area contributed by atoms with Gasteiger partial charge in [-0.2, -0.15) is 0 Å². The topological polar surface area (TPSA) is 26.3 Å². The number of fused-ring (bicyclic) bond motifs is 5. The first-order valence-corrected chi connectivity index (χ1v) is 8.45. The Kier molecular flexibility index (Phi) is 3.17. The highest BCUT2D eigenvalue weighted by molar-refractivity contribution is 9.12. The molecule has 6 unspecified atom stereocenters. The van der Waals surface area contributed by atoms with Crippen molar-refractivity contribution in [3.63, 3.8) is 0 Å². The molecule has 3 rings (SSSR count). The van der Waals surface area contributed by atoms with Crippen molar-refractivity contribution in [3.05, 3.63) is 12.2 Å². The number of hydrogen-bond acceptors (Lipinski definition) is 2. The molecule has 0 N–H and O–H groups in total. The summed E-state index contributed by atoms with van der Waals surface area (Å²) in [5.74, 6) is 1.72. The van der Waals surface area contributed by atoms with E-state index in [0.29, 0.717) is 27.1 Å². The average Bonchev–Trinajstić information content (AvgIpc) is 2.91. The van der Waals surface area contributed by atoms with Gasteiger partial charge in [0.1, 0.15) is 5.60 Å². The molecule has 4 heteroatoms. The van der Waals surface area contributed by atoms with E-state index in [9.17, 15) is 4.79 Å². The molecule has 6 atom stereocenters. The van der Waals surface area contributed by atoms with Crippen molar-refractivity contribution in [2.75, 3.05) is 0 Å². The maximum Gasteiger partial charge on any atom is 0.333 e. The van der Waals surface area contributed by atoms with Crippen LogP contribution in [-0.4, -0.2) is 21.2 Å². The molecule has 3 fully saturated rings. The zero-order valence-electron chi connectivity index (χ0n) is 10.5. The second-order valence-corrected chi connectivity index (χ2v) is 8.36. The van der Waals surface area contributed by atoms with Crippen molar-refractivity contribution in [3.8, 4) is 0 Å².